The summed E-state index contributed by atoms with van der Waals surface area (Å²) >= 11 is 1.74. The third-order valence-electron chi connectivity index (χ3n) is 7.67. The number of likely N-dealkylation sites (tertiary alicyclic amines) is 1. The fourth-order valence-corrected chi connectivity index (χ4v) is 6.34. The van der Waals surface area contributed by atoms with E-state index >= 15 is 0 Å². The van der Waals surface area contributed by atoms with E-state index in [1.165, 1.54) is 34.6 Å². The van der Waals surface area contributed by atoms with Crippen LogP contribution in [0, 0.1) is 0 Å². The first kappa shape index (κ1) is 28.5. The van der Waals surface area contributed by atoms with Gasteiger partial charge in [0.05, 0.1) is 22.8 Å². The summed E-state index contributed by atoms with van der Waals surface area (Å²) in [6, 6.07) is 6.45. The highest BCUT2D eigenvalue weighted by molar-refractivity contribution is 7.16. The number of piperidine rings is 1. The Hall–Kier alpha value is -4.00. The molecule has 4 aromatic rings. The van der Waals surface area contributed by atoms with Crippen molar-refractivity contribution in [1.29, 1.82) is 0 Å². The molecule has 6 heteroatoms. The van der Waals surface area contributed by atoms with Gasteiger partial charge in [-0.2, -0.15) is 5.10 Å². The minimum Gasteiger partial charge on any atom is -0.352 e. The first-order valence-corrected chi connectivity index (χ1v) is 15.1. The summed E-state index contributed by atoms with van der Waals surface area (Å²) in [7, 11) is 0. The van der Waals surface area contributed by atoms with Crippen LogP contribution < -0.4 is 10.6 Å². The molecule has 0 atom stereocenters. The fourth-order valence-electron chi connectivity index (χ4n) is 5.39. The van der Waals surface area contributed by atoms with Crippen LogP contribution in [-0.2, 0) is 0 Å². The maximum atomic E-state index is 4.73. The standard InChI is InChI=1S/C35H39N5S/c1-7-25(22-40-15-11-10-12-16-40)18-26(8-2)24(6)17-28-30(9-3)38-39-35(28)31-19-27-29(20-36-21-32(27)37-31)34-14-13-33(41-34)23(4)5/h7-9,13-14,17-21,37-38H,1,4,6,10-12,15-16,22H2,2-3,5H3/b25-18+,26-8+,28-17+,30-9+. The molecule has 0 aliphatic carbocycles. The predicted molar refractivity (Wildman–Crippen MR) is 177 cm³/mol. The maximum absolute atomic E-state index is 4.73. The van der Waals surface area contributed by atoms with Crippen LogP contribution in [0.2, 0.25) is 0 Å². The van der Waals surface area contributed by atoms with Gasteiger partial charge in [-0.25, -0.2) is 0 Å². The second-order valence-electron chi connectivity index (χ2n) is 10.6. The van der Waals surface area contributed by atoms with Gasteiger partial charge in [-0.05, 0) is 93.3 Å². The van der Waals surface area contributed by atoms with Gasteiger partial charge in [-0.3, -0.25) is 15.0 Å². The lowest BCUT2D eigenvalue weighted by Gasteiger charge is -2.26. The first-order valence-electron chi connectivity index (χ1n) is 14.3. The number of nitrogens with one attached hydrogen (secondary N) is 2. The van der Waals surface area contributed by atoms with Gasteiger partial charge in [0.1, 0.15) is 5.69 Å². The molecule has 1 saturated heterocycles. The van der Waals surface area contributed by atoms with E-state index < -0.39 is 0 Å². The third kappa shape index (κ3) is 6.19. The Morgan fingerprint density at radius 2 is 1.93 bits per heavy atom. The number of pyridine rings is 1. The minimum absolute atomic E-state index is 0.854. The van der Waals surface area contributed by atoms with Crippen molar-refractivity contribution in [2.45, 2.75) is 40.0 Å². The summed E-state index contributed by atoms with van der Waals surface area (Å²) in [4.78, 5) is 13.0. The van der Waals surface area contributed by atoms with Crippen molar-refractivity contribution in [2.24, 2.45) is 0 Å². The van der Waals surface area contributed by atoms with Gasteiger partial charge in [-0.1, -0.05) is 50.5 Å². The third-order valence-corrected chi connectivity index (χ3v) is 8.95. The van der Waals surface area contributed by atoms with Crippen molar-refractivity contribution in [2.75, 3.05) is 19.6 Å². The highest BCUT2D eigenvalue weighted by Gasteiger charge is 2.15. The number of aromatic nitrogens is 4. The molecule has 1 fully saturated rings. The Labute approximate surface area is 246 Å². The van der Waals surface area contributed by atoms with Crippen molar-refractivity contribution in [1.82, 2.24) is 25.1 Å². The zero-order valence-corrected chi connectivity index (χ0v) is 25.2. The monoisotopic (exact) mass is 561 g/mol. The Morgan fingerprint density at radius 3 is 2.61 bits per heavy atom. The quantitative estimate of drug-likeness (QED) is 0.209. The van der Waals surface area contributed by atoms with Crippen molar-refractivity contribution < 1.29 is 0 Å². The van der Waals surface area contributed by atoms with Crippen LogP contribution in [0.15, 0.2) is 85.3 Å². The van der Waals surface area contributed by atoms with E-state index in [-0.39, 0.29) is 0 Å². The molecule has 4 aromatic heterocycles. The van der Waals surface area contributed by atoms with Crippen LogP contribution in [0.25, 0.3) is 50.5 Å². The molecule has 210 valence electrons. The van der Waals surface area contributed by atoms with Crippen molar-refractivity contribution in [3.8, 4) is 21.8 Å². The second-order valence-corrected chi connectivity index (χ2v) is 11.7. The summed E-state index contributed by atoms with van der Waals surface area (Å²) in [5, 5.41) is 11.0. The lowest BCUT2D eigenvalue weighted by atomic mass is 10.0. The number of aromatic amines is 2. The molecule has 0 unspecified atom stereocenters. The van der Waals surface area contributed by atoms with Crippen LogP contribution in [-0.4, -0.2) is 44.7 Å². The zero-order chi connectivity index (χ0) is 28.9. The van der Waals surface area contributed by atoms with E-state index in [4.69, 9.17) is 5.10 Å². The minimum atomic E-state index is 0.854. The second kappa shape index (κ2) is 12.7. The summed E-state index contributed by atoms with van der Waals surface area (Å²) in [6.07, 6.45) is 18.2. The normalized spacial score (nSPS) is 16.1. The lowest BCUT2D eigenvalue weighted by Crippen LogP contribution is -2.31. The number of H-pyrrole nitrogens is 2. The van der Waals surface area contributed by atoms with Crippen LogP contribution in [0.1, 0.15) is 44.9 Å². The summed E-state index contributed by atoms with van der Waals surface area (Å²) in [6.45, 7) is 22.0. The lowest BCUT2D eigenvalue weighted by molar-refractivity contribution is 0.248. The Morgan fingerprint density at radius 1 is 1.12 bits per heavy atom. The largest absolute Gasteiger partial charge is 0.352 e. The fraction of sp³-hybridized carbons (Fsp3) is 0.257. The van der Waals surface area contributed by atoms with Crippen LogP contribution >= 0.6 is 11.3 Å². The smallest absolute Gasteiger partial charge is 0.116 e. The zero-order valence-electron chi connectivity index (χ0n) is 24.4. The number of fused-ring (bicyclic) bond motifs is 1. The number of nitrogens with zero attached hydrogens (tertiary/aromatic N) is 3. The summed E-state index contributed by atoms with van der Waals surface area (Å²) in [5.74, 6) is 0. The van der Waals surface area contributed by atoms with Crippen LogP contribution in [0.3, 0.4) is 0 Å². The van der Waals surface area contributed by atoms with Gasteiger partial charge in [0.25, 0.3) is 0 Å². The molecular formula is C35H39N5S. The Bertz CT molecular complexity index is 1780. The molecule has 0 amide bonds. The molecule has 0 aromatic carbocycles. The highest BCUT2D eigenvalue weighted by atomic mass is 32.1. The first-order chi connectivity index (χ1) is 19.9. The molecular weight excluding hydrogens is 522 g/mol. The van der Waals surface area contributed by atoms with Crippen LogP contribution in [0.5, 0.6) is 0 Å². The molecule has 0 radical (unpaired) electrons. The average Bonchev–Trinajstić information content (AvgIpc) is 3.73. The number of rotatable bonds is 9. The van der Waals surface area contributed by atoms with Crippen molar-refractivity contribution in [3.05, 3.63) is 101 Å². The average molecular weight is 562 g/mol. The van der Waals surface area contributed by atoms with Gasteiger partial charge in [-0.15, -0.1) is 11.3 Å². The van der Waals surface area contributed by atoms with E-state index in [0.717, 1.165) is 74.8 Å². The number of thiophene rings is 1. The molecule has 41 heavy (non-hydrogen) atoms. The van der Waals surface area contributed by atoms with Crippen molar-refractivity contribution in [3.63, 3.8) is 0 Å². The van der Waals surface area contributed by atoms with Crippen molar-refractivity contribution >= 4 is 40.0 Å². The van der Waals surface area contributed by atoms with E-state index in [0.29, 0.717) is 0 Å². The Balaban J connectivity index is 1.51. The van der Waals surface area contributed by atoms with Crippen LogP contribution in [0.4, 0.5) is 0 Å². The molecule has 0 spiro atoms. The summed E-state index contributed by atoms with van der Waals surface area (Å²) < 4.78 is 0. The maximum Gasteiger partial charge on any atom is 0.116 e. The SMILES string of the molecule is C=C/C(=C\C(=C/C)C(=C)/C=c1/c(-c2cc3c(-c4ccc(C(=C)C)s4)cncc3[nH]2)n[nH]/c1=C/C)CN1CCCCC1. The van der Waals surface area contributed by atoms with E-state index in [1.807, 2.05) is 38.4 Å². The van der Waals surface area contributed by atoms with Gasteiger partial charge in [0.2, 0.25) is 0 Å². The van der Waals surface area contributed by atoms with E-state index in [1.54, 1.807) is 11.3 Å². The molecule has 2 N–H and O–H groups in total. The topological polar surface area (TPSA) is 60.6 Å². The molecule has 5 nitrogen and oxygen atoms in total. The highest BCUT2D eigenvalue weighted by Crippen LogP contribution is 2.36. The molecule has 1 aliphatic rings. The molecule has 5 rings (SSSR count). The molecule has 0 bridgehead atoms. The molecule has 1 aliphatic heterocycles. The number of hydrogen-bond acceptors (Lipinski definition) is 4. The number of allylic oxidation sites excluding steroid dienone is 5. The van der Waals surface area contributed by atoms with E-state index in [2.05, 4.69) is 83.1 Å². The molecule has 5 heterocycles. The van der Waals surface area contributed by atoms with Gasteiger partial charge in [0.15, 0.2) is 0 Å². The Kier molecular flexibility index (Phi) is 8.81. The number of hydrogen-bond donors (Lipinski definition) is 2. The summed E-state index contributed by atoms with van der Waals surface area (Å²) in [5.41, 5.74) is 8.16. The molecule has 0 saturated carbocycles. The van der Waals surface area contributed by atoms with Gasteiger partial charge in [0, 0.05) is 38.7 Å². The van der Waals surface area contributed by atoms with Gasteiger partial charge < -0.3 is 4.98 Å². The van der Waals surface area contributed by atoms with E-state index in [9.17, 15) is 0 Å². The predicted octanol–water partition coefficient (Wildman–Crippen LogP) is 7.40. The van der Waals surface area contributed by atoms with Gasteiger partial charge >= 0.3 is 0 Å².